The average molecular weight is 330 g/mol. The molecule has 1 heterocycles. The predicted molar refractivity (Wildman–Crippen MR) is 93.1 cm³/mol. The Kier molecular flexibility index (Phi) is 4.52. The third-order valence-electron chi connectivity index (χ3n) is 4.55. The maximum atomic E-state index is 12.6. The second kappa shape index (κ2) is 6.46. The Balaban J connectivity index is 1.66. The van der Waals surface area contributed by atoms with Crippen LogP contribution in [0.2, 0.25) is 0 Å². The molecule has 1 aliphatic carbocycles. The molecule has 1 atom stereocenters. The minimum atomic E-state index is -0.555. The first-order valence-electron chi connectivity index (χ1n) is 8.76. The Labute approximate surface area is 143 Å². The minimum Gasteiger partial charge on any atom is -0.444 e. The maximum absolute atomic E-state index is 12.6. The van der Waals surface area contributed by atoms with E-state index in [0.717, 1.165) is 24.9 Å². The predicted octanol–water partition coefficient (Wildman–Crippen LogP) is 3.51. The van der Waals surface area contributed by atoms with Crippen LogP contribution >= 0.6 is 0 Å². The van der Waals surface area contributed by atoms with Gasteiger partial charge in [-0.1, -0.05) is 6.07 Å². The number of carbonyl (C=O) groups excluding carboxylic acids is 2. The van der Waals surface area contributed by atoms with Gasteiger partial charge in [0, 0.05) is 12.2 Å². The highest BCUT2D eigenvalue weighted by molar-refractivity contribution is 5.97. The lowest BCUT2D eigenvalue weighted by Gasteiger charge is -2.28. The largest absolute Gasteiger partial charge is 0.444 e. The molecule has 2 aliphatic rings. The molecule has 1 N–H and O–H groups in total. The molecule has 0 saturated carbocycles. The number of fused-ring (bicyclic) bond motifs is 1. The average Bonchev–Trinajstić information content (AvgIpc) is 3.14. The van der Waals surface area contributed by atoms with Gasteiger partial charge in [-0.3, -0.25) is 9.69 Å². The zero-order chi connectivity index (χ0) is 17.3. The molecule has 0 bridgehead atoms. The lowest BCUT2D eigenvalue weighted by molar-refractivity contribution is -0.120. The highest BCUT2D eigenvalue weighted by Crippen LogP contribution is 2.26. The van der Waals surface area contributed by atoms with Crippen LogP contribution in [0.15, 0.2) is 18.2 Å². The van der Waals surface area contributed by atoms with Crippen LogP contribution in [-0.2, 0) is 22.4 Å². The number of aryl methyl sites for hydroxylation is 2. The van der Waals surface area contributed by atoms with Crippen LogP contribution in [0.1, 0.15) is 51.2 Å². The van der Waals surface area contributed by atoms with Gasteiger partial charge in [-0.15, -0.1) is 0 Å². The number of nitrogens with zero attached hydrogens (tertiary/aromatic N) is 1. The fourth-order valence-corrected chi connectivity index (χ4v) is 3.45. The second-order valence-electron chi connectivity index (χ2n) is 7.66. The molecule has 0 aromatic heterocycles. The summed E-state index contributed by atoms with van der Waals surface area (Å²) in [5.74, 6) is -0.128. The smallest absolute Gasteiger partial charge is 0.410 e. The number of carbonyl (C=O) groups is 2. The van der Waals surface area contributed by atoms with Gasteiger partial charge in [0.2, 0.25) is 5.91 Å². The minimum absolute atomic E-state index is 0.128. The molecule has 1 aliphatic heterocycles. The van der Waals surface area contributed by atoms with Crippen LogP contribution in [0.5, 0.6) is 0 Å². The number of hydrogen-bond acceptors (Lipinski definition) is 3. The van der Waals surface area contributed by atoms with Crippen molar-refractivity contribution in [2.45, 2.75) is 64.5 Å². The molecule has 1 aromatic carbocycles. The molecule has 5 heteroatoms. The SMILES string of the molecule is CC(C)(C)OC(=O)N1CCC[C@H]1C(=O)Nc1ccc2c(c1)CCC2. The number of hydrogen-bond donors (Lipinski definition) is 1. The van der Waals surface area contributed by atoms with Crippen molar-refractivity contribution in [3.63, 3.8) is 0 Å². The molecule has 1 aromatic rings. The van der Waals surface area contributed by atoms with Crippen LogP contribution in [-0.4, -0.2) is 35.1 Å². The first kappa shape index (κ1) is 16.8. The van der Waals surface area contributed by atoms with Crippen LogP contribution in [0.25, 0.3) is 0 Å². The second-order valence-corrected chi connectivity index (χ2v) is 7.66. The van der Waals surface area contributed by atoms with E-state index in [0.29, 0.717) is 13.0 Å². The molecule has 24 heavy (non-hydrogen) atoms. The van der Waals surface area contributed by atoms with Gasteiger partial charge in [-0.05, 0) is 76.1 Å². The summed E-state index contributed by atoms with van der Waals surface area (Å²) in [4.78, 5) is 26.5. The number of benzene rings is 1. The standard InChI is InChI=1S/C19H26N2O3/c1-19(2,3)24-18(23)21-11-5-8-16(21)17(22)20-15-10-9-13-6-4-7-14(13)12-15/h9-10,12,16H,4-8,11H2,1-3H3,(H,20,22)/t16-/m0/s1. The summed E-state index contributed by atoms with van der Waals surface area (Å²) >= 11 is 0. The lowest BCUT2D eigenvalue weighted by Crippen LogP contribution is -2.45. The van der Waals surface area contributed by atoms with E-state index in [1.165, 1.54) is 17.5 Å². The van der Waals surface area contributed by atoms with Gasteiger partial charge in [0.25, 0.3) is 0 Å². The number of rotatable bonds is 2. The highest BCUT2D eigenvalue weighted by atomic mass is 16.6. The molecule has 5 nitrogen and oxygen atoms in total. The topological polar surface area (TPSA) is 58.6 Å². The molecule has 0 radical (unpaired) electrons. The van der Waals surface area contributed by atoms with Crippen molar-refractivity contribution in [3.05, 3.63) is 29.3 Å². The van der Waals surface area contributed by atoms with Gasteiger partial charge in [-0.2, -0.15) is 0 Å². The molecule has 1 saturated heterocycles. The lowest BCUT2D eigenvalue weighted by atomic mass is 10.1. The van der Waals surface area contributed by atoms with Crippen molar-refractivity contribution < 1.29 is 14.3 Å². The van der Waals surface area contributed by atoms with Gasteiger partial charge in [0.05, 0.1) is 0 Å². The van der Waals surface area contributed by atoms with Gasteiger partial charge >= 0.3 is 6.09 Å². The van der Waals surface area contributed by atoms with Crippen molar-refractivity contribution in [2.24, 2.45) is 0 Å². The summed E-state index contributed by atoms with van der Waals surface area (Å²) < 4.78 is 5.42. The first-order valence-corrected chi connectivity index (χ1v) is 8.76. The van der Waals surface area contributed by atoms with Crippen LogP contribution in [0, 0.1) is 0 Å². The van der Waals surface area contributed by atoms with E-state index < -0.39 is 17.7 Å². The van der Waals surface area contributed by atoms with Crippen molar-refractivity contribution in [2.75, 3.05) is 11.9 Å². The van der Waals surface area contributed by atoms with E-state index >= 15 is 0 Å². The van der Waals surface area contributed by atoms with Crippen molar-refractivity contribution in [1.29, 1.82) is 0 Å². The summed E-state index contributed by atoms with van der Waals surface area (Å²) in [6.07, 6.45) is 4.47. The maximum Gasteiger partial charge on any atom is 0.410 e. The van der Waals surface area contributed by atoms with E-state index in [1.807, 2.05) is 26.8 Å². The van der Waals surface area contributed by atoms with Crippen LogP contribution in [0.4, 0.5) is 10.5 Å². The van der Waals surface area contributed by atoms with E-state index in [4.69, 9.17) is 4.74 Å². The normalized spacial score (nSPS) is 20.0. The van der Waals surface area contributed by atoms with Crippen molar-refractivity contribution in [3.8, 4) is 0 Å². The molecule has 2 amide bonds. The van der Waals surface area contributed by atoms with Crippen LogP contribution in [0.3, 0.4) is 0 Å². The molecular weight excluding hydrogens is 304 g/mol. The summed E-state index contributed by atoms with van der Waals surface area (Å²) in [5, 5.41) is 2.97. The number of anilines is 1. The van der Waals surface area contributed by atoms with E-state index in [1.54, 1.807) is 4.90 Å². The van der Waals surface area contributed by atoms with Gasteiger partial charge in [0.1, 0.15) is 11.6 Å². The van der Waals surface area contributed by atoms with E-state index in [2.05, 4.69) is 17.4 Å². The van der Waals surface area contributed by atoms with E-state index in [9.17, 15) is 9.59 Å². The summed E-state index contributed by atoms with van der Waals surface area (Å²) in [7, 11) is 0. The van der Waals surface area contributed by atoms with Crippen LogP contribution < -0.4 is 5.32 Å². The zero-order valence-electron chi connectivity index (χ0n) is 14.7. The summed E-state index contributed by atoms with van der Waals surface area (Å²) in [5.41, 5.74) is 2.96. The third-order valence-corrected chi connectivity index (χ3v) is 4.55. The van der Waals surface area contributed by atoms with E-state index in [-0.39, 0.29) is 5.91 Å². The Morgan fingerprint density at radius 2 is 1.92 bits per heavy atom. The fraction of sp³-hybridized carbons (Fsp3) is 0.579. The number of nitrogens with one attached hydrogen (secondary N) is 1. The van der Waals surface area contributed by atoms with Gasteiger partial charge in [0.15, 0.2) is 0 Å². The third kappa shape index (κ3) is 3.71. The Hall–Kier alpha value is -2.04. The number of amides is 2. The Morgan fingerprint density at radius 1 is 1.17 bits per heavy atom. The van der Waals surface area contributed by atoms with Gasteiger partial charge < -0.3 is 10.1 Å². The summed E-state index contributed by atoms with van der Waals surface area (Å²) in [6, 6.07) is 5.66. The zero-order valence-corrected chi connectivity index (χ0v) is 14.7. The van der Waals surface area contributed by atoms with Gasteiger partial charge in [-0.25, -0.2) is 4.79 Å². The number of likely N-dealkylation sites (tertiary alicyclic amines) is 1. The molecule has 1 fully saturated rings. The fourth-order valence-electron chi connectivity index (χ4n) is 3.45. The molecule has 130 valence electrons. The van der Waals surface area contributed by atoms with Crippen molar-refractivity contribution >= 4 is 17.7 Å². The molecule has 0 spiro atoms. The summed E-state index contributed by atoms with van der Waals surface area (Å²) in [6.45, 7) is 6.07. The monoisotopic (exact) mass is 330 g/mol. The quantitative estimate of drug-likeness (QED) is 0.903. The molecule has 3 rings (SSSR count). The van der Waals surface area contributed by atoms with Crippen molar-refractivity contribution in [1.82, 2.24) is 4.90 Å². The Morgan fingerprint density at radius 3 is 2.67 bits per heavy atom. The first-order chi connectivity index (χ1) is 11.3. The number of ether oxygens (including phenoxy) is 1. The highest BCUT2D eigenvalue weighted by Gasteiger charge is 2.36. The molecular formula is C19H26N2O3. The molecule has 0 unspecified atom stereocenters. The Bertz CT molecular complexity index is 649.